The maximum Gasteiger partial charge on any atom is 0.339 e. The van der Waals surface area contributed by atoms with E-state index >= 15 is 0 Å². The van der Waals surface area contributed by atoms with E-state index < -0.39 is 5.97 Å². The molecular formula is C13H19N3O3. The number of carbonyl (C=O) groups is 1. The minimum absolute atomic E-state index is 0.124. The molecule has 1 N–H and O–H groups in total. The van der Waals surface area contributed by atoms with Crippen molar-refractivity contribution in [3.05, 3.63) is 16.8 Å². The summed E-state index contributed by atoms with van der Waals surface area (Å²) in [6.45, 7) is 4.99. The van der Waals surface area contributed by atoms with Gasteiger partial charge >= 0.3 is 5.97 Å². The third-order valence-corrected chi connectivity index (χ3v) is 3.66. The Morgan fingerprint density at radius 2 is 2.16 bits per heavy atom. The van der Waals surface area contributed by atoms with Crippen molar-refractivity contribution >= 4 is 11.8 Å². The lowest BCUT2D eigenvalue weighted by atomic mass is 10.1. The van der Waals surface area contributed by atoms with Crippen LogP contribution in [0.3, 0.4) is 0 Å². The van der Waals surface area contributed by atoms with E-state index in [4.69, 9.17) is 4.74 Å². The maximum atomic E-state index is 11.5. The Morgan fingerprint density at radius 3 is 2.79 bits per heavy atom. The third kappa shape index (κ3) is 2.68. The molecular weight excluding hydrogens is 246 g/mol. The number of ether oxygens (including phenoxy) is 1. The van der Waals surface area contributed by atoms with E-state index in [-0.39, 0.29) is 11.7 Å². The predicted octanol–water partition coefficient (Wildman–Crippen LogP) is 1.41. The largest absolute Gasteiger partial charge is 0.478 e. The summed E-state index contributed by atoms with van der Waals surface area (Å²) < 4.78 is 5.36. The van der Waals surface area contributed by atoms with Crippen molar-refractivity contribution in [2.45, 2.75) is 32.8 Å². The van der Waals surface area contributed by atoms with E-state index in [2.05, 4.69) is 10.2 Å². The van der Waals surface area contributed by atoms with Gasteiger partial charge in [-0.05, 0) is 32.3 Å². The predicted molar refractivity (Wildman–Crippen MR) is 70.7 cm³/mol. The molecule has 1 unspecified atom stereocenters. The quantitative estimate of drug-likeness (QED) is 0.890. The van der Waals surface area contributed by atoms with Crippen molar-refractivity contribution < 1.29 is 14.6 Å². The number of rotatable bonds is 3. The molecule has 0 bridgehead atoms. The average molecular weight is 265 g/mol. The summed E-state index contributed by atoms with van der Waals surface area (Å²) in [5.74, 6) is -0.498. The van der Waals surface area contributed by atoms with E-state index in [1.165, 1.54) is 0 Å². The zero-order chi connectivity index (χ0) is 14.0. The van der Waals surface area contributed by atoms with Crippen LogP contribution in [0.1, 0.15) is 34.5 Å². The first kappa shape index (κ1) is 13.7. The summed E-state index contributed by atoms with van der Waals surface area (Å²) >= 11 is 0. The average Bonchev–Trinajstić information content (AvgIpc) is 2.41. The van der Waals surface area contributed by atoms with Crippen LogP contribution in [0.4, 0.5) is 5.82 Å². The van der Waals surface area contributed by atoms with E-state index in [0.29, 0.717) is 23.6 Å². The number of aryl methyl sites for hydroxylation is 1. The van der Waals surface area contributed by atoms with Gasteiger partial charge in [0.1, 0.15) is 5.56 Å². The molecule has 0 amide bonds. The zero-order valence-corrected chi connectivity index (χ0v) is 11.5. The van der Waals surface area contributed by atoms with Crippen LogP contribution in [0.5, 0.6) is 0 Å². The van der Waals surface area contributed by atoms with Crippen molar-refractivity contribution in [3.63, 3.8) is 0 Å². The Hall–Kier alpha value is -1.69. The van der Waals surface area contributed by atoms with Gasteiger partial charge in [0.05, 0.1) is 11.8 Å². The van der Waals surface area contributed by atoms with Crippen LogP contribution < -0.4 is 4.90 Å². The highest BCUT2D eigenvalue weighted by molar-refractivity contribution is 5.95. The fraction of sp³-hybridized carbons (Fsp3) is 0.615. The van der Waals surface area contributed by atoms with Crippen LogP contribution in [-0.2, 0) is 4.74 Å². The van der Waals surface area contributed by atoms with Gasteiger partial charge in [-0.15, -0.1) is 5.10 Å². The Labute approximate surface area is 112 Å². The summed E-state index contributed by atoms with van der Waals surface area (Å²) in [6.07, 6.45) is 2.08. The highest BCUT2D eigenvalue weighted by atomic mass is 16.5. The third-order valence-electron chi connectivity index (χ3n) is 3.66. The zero-order valence-electron chi connectivity index (χ0n) is 11.5. The number of piperidine rings is 1. The number of hydrogen-bond acceptors (Lipinski definition) is 5. The van der Waals surface area contributed by atoms with Gasteiger partial charge in [-0.1, -0.05) is 0 Å². The highest BCUT2D eigenvalue weighted by Gasteiger charge is 2.26. The monoisotopic (exact) mass is 265 g/mol. The molecule has 1 aromatic rings. The molecule has 0 spiro atoms. The van der Waals surface area contributed by atoms with Crippen molar-refractivity contribution in [1.29, 1.82) is 0 Å². The number of anilines is 1. The first-order valence-corrected chi connectivity index (χ1v) is 6.39. The van der Waals surface area contributed by atoms with Crippen molar-refractivity contribution in [3.8, 4) is 0 Å². The summed E-state index contributed by atoms with van der Waals surface area (Å²) in [5.41, 5.74) is 1.59. The van der Waals surface area contributed by atoms with E-state index in [0.717, 1.165) is 19.4 Å². The first-order chi connectivity index (χ1) is 9.04. The number of hydrogen-bond donors (Lipinski definition) is 1. The second kappa shape index (κ2) is 5.52. The van der Waals surface area contributed by atoms with Gasteiger partial charge in [-0.2, -0.15) is 5.10 Å². The second-order valence-electron chi connectivity index (χ2n) is 4.86. The highest BCUT2D eigenvalue weighted by Crippen LogP contribution is 2.25. The number of carboxylic acid groups (broad SMARTS) is 1. The molecule has 2 rings (SSSR count). The van der Waals surface area contributed by atoms with Gasteiger partial charge < -0.3 is 14.7 Å². The molecule has 0 aliphatic carbocycles. The molecule has 6 nitrogen and oxygen atoms in total. The Bertz CT molecular complexity index is 490. The molecule has 0 aromatic carbocycles. The Balaban J connectivity index is 2.39. The summed E-state index contributed by atoms with van der Waals surface area (Å²) in [4.78, 5) is 13.4. The Kier molecular flexibility index (Phi) is 3.99. The standard InChI is InChI=1S/C13H19N3O3/c1-8-9(2)14-15-12(11(8)13(17)18)16-6-4-5-10(7-16)19-3/h10H,4-7H2,1-3H3,(H,17,18). The lowest BCUT2D eigenvalue weighted by Gasteiger charge is -2.33. The molecule has 1 aliphatic heterocycles. The Morgan fingerprint density at radius 1 is 1.42 bits per heavy atom. The van der Waals surface area contributed by atoms with Crippen LogP contribution in [-0.4, -0.2) is 47.6 Å². The van der Waals surface area contributed by atoms with E-state index in [1.807, 2.05) is 4.90 Å². The minimum atomic E-state index is -0.954. The van der Waals surface area contributed by atoms with Crippen molar-refractivity contribution in [2.24, 2.45) is 0 Å². The number of aromatic nitrogens is 2. The first-order valence-electron chi connectivity index (χ1n) is 6.39. The van der Waals surface area contributed by atoms with Gasteiger partial charge in [0.25, 0.3) is 0 Å². The molecule has 1 saturated heterocycles. The van der Waals surface area contributed by atoms with Gasteiger partial charge in [0.15, 0.2) is 5.82 Å². The van der Waals surface area contributed by atoms with Gasteiger partial charge in [0.2, 0.25) is 0 Å². The maximum absolute atomic E-state index is 11.5. The van der Waals surface area contributed by atoms with E-state index in [1.54, 1.807) is 21.0 Å². The van der Waals surface area contributed by atoms with E-state index in [9.17, 15) is 9.90 Å². The lowest BCUT2D eigenvalue weighted by Crippen LogP contribution is -2.40. The molecule has 1 aliphatic rings. The lowest BCUT2D eigenvalue weighted by molar-refractivity contribution is 0.0693. The van der Waals surface area contributed by atoms with Crippen LogP contribution in [0.15, 0.2) is 0 Å². The summed E-state index contributed by atoms with van der Waals surface area (Å²) in [7, 11) is 1.68. The molecule has 1 fully saturated rings. The fourth-order valence-electron chi connectivity index (χ4n) is 2.40. The van der Waals surface area contributed by atoms with Gasteiger partial charge in [0, 0.05) is 20.2 Å². The molecule has 0 radical (unpaired) electrons. The van der Waals surface area contributed by atoms with Crippen molar-refractivity contribution in [2.75, 3.05) is 25.1 Å². The molecule has 19 heavy (non-hydrogen) atoms. The fourth-order valence-corrected chi connectivity index (χ4v) is 2.40. The smallest absolute Gasteiger partial charge is 0.339 e. The topological polar surface area (TPSA) is 75.5 Å². The molecule has 2 heterocycles. The SMILES string of the molecule is COC1CCCN(c2nnc(C)c(C)c2C(=O)O)C1. The van der Waals surface area contributed by atoms with Crippen LogP contribution in [0.25, 0.3) is 0 Å². The summed E-state index contributed by atoms with van der Waals surface area (Å²) in [5, 5.41) is 17.5. The number of aromatic carboxylic acids is 1. The minimum Gasteiger partial charge on any atom is -0.478 e. The second-order valence-corrected chi connectivity index (χ2v) is 4.86. The molecule has 104 valence electrons. The van der Waals surface area contributed by atoms with Crippen LogP contribution in [0.2, 0.25) is 0 Å². The number of methoxy groups -OCH3 is 1. The summed E-state index contributed by atoms with van der Waals surface area (Å²) in [6, 6.07) is 0. The molecule has 6 heteroatoms. The van der Waals surface area contributed by atoms with Crippen molar-refractivity contribution in [1.82, 2.24) is 10.2 Å². The normalized spacial score (nSPS) is 19.5. The molecule has 1 atom stereocenters. The molecule has 0 saturated carbocycles. The van der Waals surface area contributed by atoms with Crippen LogP contribution in [0, 0.1) is 13.8 Å². The number of carboxylic acids is 1. The van der Waals surface area contributed by atoms with Gasteiger partial charge in [-0.25, -0.2) is 4.79 Å². The molecule has 1 aromatic heterocycles. The van der Waals surface area contributed by atoms with Crippen LogP contribution >= 0.6 is 0 Å². The number of nitrogens with zero attached hydrogens (tertiary/aromatic N) is 3. The van der Waals surface area contributed by atoms with Gasteiger partial charge in [-0.3, -0.25) is 0 Å².